The van der Waals surface area contributed by atoms with Crippen molar-refractivity contribution in [2.75, 3.05) is 13.7 Å². The van der Waals surface area contributed by atoms with E-state index in [9.17, 15) is 20.0 Å². The van der Waals surface area contributed by atoms with E-state index >= 15 is 0 Å². The highest BCUT2D eigenvalue weighted by Gasteiger charge is 2.85. The molecular formula is C43H67NO9. The summed E-state index contributed by atoms with van der Waals surface area (Å²) < 4.78 is 24.5. The van der Waals surface area contributed by atoms with Gasteiger partial charge in [-0.1, -0.05) is 41.5 Å². The van der Waals surface area contributed by atoms with Crippen molar-refractivity contribution in [3.05, 3.63) is 34.4 Å². The monoisotopic (exact) mass is 741 g/mol. The lowest BCUT2D eigenvalue weighted by Crippen LogP contribution is -2.55. The average Bonchev–Trinajstić information content (AvgIpc) is 3.52. The molecule has 53 heavy (non-hydrogen) atoms. The minimum Gasteiger partial charge on any atom is -0.430 e. The van der Waals surface area contributed by atoms with Gasteiger partial charge in [-0.3, -0.25) is 10.1 Å². The van der Waals surface area contributed by atoms with Gasteiger partial charge in [-0.05, 0) is 137 Å². The molecule has 6 fully saturated rings. The second-order valence-corrected chi connectivity index (χ2v) is 17.4. The quantitative estimate of drug-likeness (QED) is 0.0922. The molecule has 6 aliphatic rings. The molecule has 298 valence electrons. The second-order valence-electron chi connectivity index (χ2n) is 17.4. The van der Waals surface area contributed by atoms with Gasteiger partial charge in [0.15, 0.2) is 0 Å². The van der Waals surface area contributed by atoms with Crippen molar-refractivity contribution >= 4 is 11.8 Å². The number of rotatable bonds is 7. The molecule has 1 aromatic carbocycles. The van der Waals surface area contributed by atoms with Crippen LogP contribution in [0, 0.1) is 74.2 Å². The maximum Gasteiger partial charge on any atom is 0.514 e. The molecule has 1 saturated heterocycles. The van der Waals surface area contributed by atoms with Gasteiger partial charge in [0.25, 0.3) is 5.69 Å². The van der Waals surface area contributed by atoms with Gasteiger partial charge in [0.2, 0.25) is 0 Å². The highest BCUT2D eigenvalue weighted by Crippen LogP contribution is 2.89. The molecule has 5 aliphatic carbocycles. The average molecular weight is 742 g/mol. The lowest BCUT2D eigenvalue weighted by atomic mass is 9.46. The fraction of sp³-hybridized carbons (Fsp3) is 0.791. The predicted molar refractivity (Wildman–Crippen MR) is 205 cm³/mol. The molecule has 10 heteroatoms. The number of nitrogens with zero attached hydrogens (tertiary/aromatic N) is 1. The minimum atomic E-state index is -0.947. The number of aliphatic hydroxyl groups excluding tert-OH is 1. The van der Waals surface area contributed by atoms with Gasteiger partial charge in [-0.15, -0.1) is 12.8 Å². The fourth-order valence-corrected chi connectivity index (χ4v) is 13.3. The van der Waals surface area contributed by atoms with Crippen molar-refractivity contribution in [2.24, 2.45) is 51.2 Å². The zero-order valence-electron chi connectivity index (χ0n) is 33.9. The van der Waals surface area contributed by atoms with E-state index < -0.39 is 16.7 Å². The molecule has 12 atom stereocenters. The van der Waals surface area contributed by atoms with Crippen LogP contribution in [0.2, 0.25) is 0 Å². The van der Waals surface area contributed by atoms with Gasteiger partial charge < -0.3 is 29.2 Å². The van der Waals surface area contributed by atoms with Crippen LogP contribution in [0.4, 0.5) is 10.5 Å². The van der Waals surface area contributed by atoms with Gasteiger partial charge in [-0.25, -0.2) is 4.79 Å². The van der Waals surface area contributed by atoms with Crippen LogP contribution in [0.25, 0.3) is 0 Å². The number of terminal acetylenes is 1. The van der Waals surface area contributed by atoms with E-state index in [2.05, 4.69) is 40.5 Å². The number of benzene rings is 1. The Labute approximate surface area is 318 Å². The van der Waals surface area contributed by atoms with Crippen LogP contribution in [-0.4, -0.2) is 65.0 Å². The molecule has 0 amide bonds. The third-order valence-corrected chi connectivity index (χ3v) is 15.1. The summed E-state index contributed by atoms with van der Waals surface area (Å²) in [5.74, 6) is 3.27. The Kier molecular flexibility index (Phi) is 13.1. The predicted octanol–water partition coefficient (Wildman–Crippen LogP) is 8.99. The number of nitro groups is 1. The standard InChI is InChI=1S/C38H55NO8.C2H6.C2H2.CH4O/c1-8-44-32(35(5,6)41)28-15-13-26-29(46-28)21-27-25-14-16-30-34(3,4)31(47-33(40)45-24-11-9-23(10-12-24)39(42)43)17-18-38(30)22(2)37(25,38)20-19-36(26,27)7;3*1-2/h9-12,22,25-32,41H,8,13-21H2,1-7H3;1-2H3;1-2H;2H,1H3/t22-,25-,26-,27?,28+,29+,30?,31-,32-,36+,37-,38?;;;/m0.../s1. The molecule has 7 rings (SSSR count). The van der Waals surface area contributed by atoms with Crippen LogP contribution in [0.1, 0.15) is 120 Å². The first-order valence-electron chi connectivity index (χ1n) is 20.0. The van der Waals surface area contributed by atoms with Crippen LogP contribution in [0.3, 0.4) is 0 Å². The van der Waals surface area contributed by atoms with Crippen molar-refractivity contribution in [1.82, 2.24) is 0 Å². The Morgan fingerprint density at radius 2 is 1.60 bits per heavy atom. The van der Waals surface area contributed by atoms with Gasteiger partial charge in [-0.2, -0.15) is 0 Å². The van der Waals surface area contributed by atoms with Gasteiger partial charge in [0.05, 0.1) is 22.7 Å². The van der Waals surface area contributed by atoms with Crippen LogP contribution < -0.4 is 4.74 Å². The van der Waals surface area contributed by atoms with E-state index in [0.717, 1.165) is 45.6 Å². The van der Waals surface area contributed by atoms with E-state index in [1.165, 1.54) is 43.5 Å². The van der Waals surface area contributed by atoms with Crippen LogP contribution in [0.15, 0.2) is 24.3 Å². The molecule has 2 N–H and O–H groups in total. The van der Waals surface area contributed by atoms with Crippen molar-refractivity contribution in [2.45, 2.75) is 150 Å². The second kappa shape index (κ2) is 16.2. The molecule has 2 spiro atoms. The summed E-state index contributed by atoms with van der Waals surface area (Å²) in [5.41, 5.74) is -0.282. The Bertz CT molecular complexity index is 1440. The van der Waals surface area contributed by atoms with Crippen molar-refractivity contribution < 1.29 is 38.9 Å². The molecular weight excluding hydrogens is 674 g/mol. The number of nitro benzene ring substituents is 1. The number of aliphatic hydroxyl groups is 2. The van der Waals surface area contributed by atoms with Crippen LogP contribution in [-0.2, 0) is 14.2 Å². The van der Waals surface area contributed by atoms with Crippen molar-refractivity contribution in [3.8, 4) is 18.6 Å². The van der Waals surface area contributed by atoms with Crippen molar-refractivity contribution in [1.29, 1.82) is 0 Å². The van der Waals surface area contributed by atoms with Crippen LogP contribution >= 0.6 is 0 Å². The molecule has 1 aliphatic heterocycles. The summed E-state index contributed by atoms with van der Waals surface area (Å²) in [6, 6.07) is 5.53. The molecule has 10 nitrogen and oxygen atoms in total. The first kappa shape index (κ1) is 43.0. The zero-order chi connectivity index (χ0) is 39.7. The molecule has 0 radical (unpaired) electrons. The summed E-state index contributed by atoms with van der Waals surface area (Å²) >= 11 is 0. The maximum absolute atomic E-state index is 13.0. The van der Waals surface area contributed by atoms with Crippen molar-refractivity contribution in [3.63, 3.8) is 0 Å². The number of fused-ring (bicyclic) bond motifs is 4. The Hall–Kier alpha value is -2.71. The molecule has 1 heterocycles. The van der Waals surface area contributed by atoms with E-state index in [4.69, 9.17) is 24.1 Å². The summed E-state index contributed by atoms with van der Waals surface area (Å²) in [6.45, 7) is 19.9. The smallest absolute Gasteiger partial charge is 0.430 e. The Balaban J connectivity index is 0.000000996. The molecule has 0 bridgehead atoms. The Morgan fingerprint density at radius 3 is 2.19 bits per heavy atom. The van der Waals surface area contributed by atoms with Gasteiger partial charge in [0, 0.05) is 31.3 Å². The lowest BCUT2D eigenvalue weighted by Gasteiger charge is -2.59. The fourth-order valence-electron chi connectivity index (χ4n) is 13.3. The number of hydrogen-bond donors (Lipinski definition) is 2. The van der Waals surface area contributed by atoms with E-state index in [0.29, 0.717) is 41.6 Å². The maximum atomic E-state index is 13.0. The van der Waals surface area contributed by atoms with Gasteiger partial charge in [0.1, 0.15) is 18.0 Å². The number of non-ortho nitro benzene ring substituents is 1. The number of ether oxygens (including phenoxy) is 4. The van der Waals surface area contributed by atoms with E-state index in [1.807, 2.05) is 34.6 Å². The third kappa shape index (κ3) is 6.91. The summed E-state index contributed by atoms with van der Waals surface area (Å²) in [6.07, 6.45) is 16.9. The molecule has 3 unspecified atom stereocenters. The number of carbonyl (C=O) groups excluding carboxylic acids is 1. The zero-order valence-corrected chi connectivity index (χ0v) is 33.9. The first-order chi connectivity index (χ1) is 25.1. The minimum absolute atomic E-state index is 0.0513. The molecule has 1 aromatic rings. The normalized spacial score (nSPS) is 39.0. The first-order valence-corrected chi connectivity index (χ1v) is 20.0. The largest absolute Gasteiger partial charge is 0.514 e. The SMILES string of the molecule is C#C.CC.CCO[C@@H]([C@H]1CC[C@H]2[C@@H](CC3[C@@H]4CCC5C(C)(C)[C@@H](OC(=O)Oc6ccc([N+](=O)[O-])cc6)CCC56[C@@H](C)[C@@]46CC[C@@]32C)O1)C(C)(C)O.CO. The van der Waals surface area contributed by atoms with Gasteiger partial charge >= 0.3 is 6.16 Å². The highest BCUT2D eigenvalue weighted by molar-refractivity contribution is 5.64. The molecule has 5 saturated carbocycles. The summed E-state index contributed by atoms with van der Waals surface area (Å²) in [4.78, 5) is 23.5. The summed E-state index contributed by atoms with van der Waals surface area (Å²) in [5, 5.41) is 28.9. The van der Waals surface area contributed by atoms with E-state index in [-0.39, 0.29) is 52.1 Å². The lowest BCUT2D eigenvalue weighted by molar-refractivity contribution is -0.384. The highest BCUT2D eigenvalue weighted by atomic mass is 16.7. The number of carbonyl (C=O) groups is 1. The number of hydrogen-bond acceptors (Lipinski definition) is 9. The van der Waals surface area contributed by atoms with E-state index in [1.54, 1.807) is 0 Å². The van der Waals surface area contributed by atoms with Crippen LogP contribution in [0.5, 0.6) is 5.75 Å². The summed E-state index contributed by atoms with van der Waals surface area (Å²) in [7, 11) is 1.00. The topological polar surface area (TPSA) is 138 Å². The molecule has 0 aromatic heterocycles. The Morgan fingerprint density at radius 1 is 0.981 bits per heavy atom. The third-order valence-electron chi connectivity index (χ3n) is 15.1.